The molecule has 0 spiro atoms. The zero-order valence-corrected chi connectivity index (χ0v) is 16.7. The van der Waals surface area contributed by atoms with Gasteiger partial charge in [0.1, 0.15) is 5.75 Å². The van der Waals surface area contributed by atoms with Crippen molar-refractivity contribution in [3.8, 4) is 5.75 Å². The molecule has 0 atom stereocenters. The SMILES string of the molecule is COc1ccc(S(=O)(=O)N2CCN(CCNC(=O)c3ccccc3)CC2)cc1. The van der Waals surface area contributed by atoms with Gasteiger partial charge in [0.15, 0.2) is 0 Å². The molecule has 1 amide bonds. The number of benzene rings is 2. The van der Waals surface area contributed by atoms with E-state index in [0.717, 1.165) is 0 Å². The molecule has 0 unspecified atom stereocenters. The van der Waals surface area contributed by atoms with E-state index in [1.807, 2.05) is 18.2 Å². The number of nitrogens with zero attached hydrogens (tertiary/aromatic N) is 2. The fourth-order valence-corrected chi connectivity index (χ4v) is 4.53. The minimum Gasteiger partial charge on any atom is -0.497 e. The minimum absolute atomic E-state index is 0.0960. The van der Waals surface area contributed by atoms with E-state index in [0.29, 0.717) is 50.6 Å². The topological polar surface area (TPSA) is 79.0 Å². The van der Waals surface area contributed by atoms with Crippen molar-refractivity contribution in [2.24, 2.45) is 0 Å². The third-order valence-corrected chi connectivity index (χ3v) is 6.69. The van der Waals surface area contributed by atoms with Crippen molar-refractivity contribution in [3.63, 3.8) is 0 Å². The Bertz CT molecular complexity index is 877. The van der Waals surface area contributed by atoms with Crippen LogP contribution in [0.1, 0.15) is 10.4 Å². The van der Waals surface area contributed by atoms with E-state index in [4.69, 9.17) is 4.74 Å². The quantitative estimate of drug-likeness (QED) is 0.757. The molecule has 1 saturated heterocycles. The molecule has 1 aliphatic rings. The number of hydrogen-bond acceptors (Lipinski definition) is 5. The molecule has 1 fully saturated rings. The predicted molar refractivity (Wildman–Crippen MR) is 107 cm³/mol. The fourth-order valence-electron chi connectivity index (χ4n) is 3.11. The predicted octanol–water partition coefficient (Wildman–Crippen LogP) is 1.43. The van der Waals surface area contributed by atoms with E-state index in [-0.39, 0.29) is 10.8 Å². The maximum atomic E-state index is 12.8. The van der Waals surface area contributed by atoms with Crippen molar-refractivity contribution in [2.45, 2.75) is 4.90 Å². The van der Waals surface area contributed by atoms with Gasteiger partial charge in [0.2, 0.25) is 10.0 Å². The number of carbonyl (C=O) groups is 1. The van der Waals surface area contributed by atoms with Gasteiger partial charge in [0.25, 0.3) is 5.91 Å². The van der Waals surface area contributed by atoms with Crippen LogP contribution in [0.25, 0.3) is 0 Å². The van der Waals surface area contributed by atoms with E-state index in [1.165, 1.54) is 4.31 Å². The van der Waals surface area contributed by atoms with Crippen molar-refractivity contribution in [1.29, 1.82) is 0 Å². The molecule has 0 saturated carbocycles. The Hall–Kier alpha value is -2.42. The zero-order chi connectivity index (χ0) is 20.0. The number of carbonyl (C=O) groups excluding carboxylic acids is 1. The lowest BCUT2D eigenvalue weighted by molar-refractivity contribution is 0.0945. The molecular formula is C20H25N3O4S. The summed E-state index contributed by atoms with van der Waals surface area (Å²) in [5.41, 5.74) is 0.637. The number of methoxy groups -OCH3 is 1. The standard InChI is InChI=1S/C20H25N3O4S/c1-27-18-7-9-19(10-8-18)28(25,26)23-15-13-22(14-16-23)12-11-21-20(24)17-5-3-2-4-6-17/h2-10H,11-16H2,1H3,(H,21,24). The molecule has 0 bridgehead atoms. The van der Waals surface area contributed by atoms with Gasteiger partial charge in [-0.1, -0.05) is 18.2 Å². The highest BCUT2D eigenvalue weighted by molar-refractivity contribution is 7.89. The Morgan fingerprint density at radius 1 is 1.00 bits per heavy atom. The first-order chi connectivity index (χ1) is 13.5. The average Bonchev–Trinajstić information content (AvgIpc) is 2.74. The normalized spacial score (nSPS) is 15.9. The van der Waals surface area contributed by atoms with Crippen LogP contribution in [-0.2, 0) is 10.0 Å². The zero-order valence-electron chi connectivity index (χ0n) is 15.9. The third kappa shape index (κ3) is 4.89. The van der Waals surface area contributed by atoms with Gasteiger partial charge in [-0.05, 0) is 36.4 Å². The van der Waals surface area contributed by atoms with E-state index in [1.54, 1.807) is 43.5 Å². The Balaban J connectivity index is 1.46. The summed E-state index contributed by atoms with van der Waals surface area (Å²) in [6.07, 6.45) is 0. The fraction of sp³-hybridized carbons (Fsp3) is 0.350. The first-order valence-corrected chi connectivity index (χ1v) is 10.6. The van der Waals surface area contributed by atoms with Gasteiger partial charge >= 0.3 is 0 Å². The van der Waals surface area contributed by atoms with Crippen LogP contribution in [0.2, 0.25) is 0 Å². The lowest BCUT2D eigenvalue weighted by Crippen LogP contribution is -2.50. The van der Waals surface area contributed by atoms with Crippen LogP contribution in [0.15, 0.2) is 59.5 Å². The molecule has 0 radical (unpaired) electrons. The summed E-state index contributed by atoms with van der Waals surface area (Å²) in [5.74, 6) is 0.530. The van der Waals surface area contributed by atoms with E-state index < -0.39 is 10.0 Å². The molecule has 7 nitrogen and oxygen atoms in total. The summed E-state index contributed by atoms with van der Waals surface area (Å²) in [7, 11) is -1.95. The maximum Gasteiger partial charge on any atom is 0.251 e. The van der Waals surface area contributed by atoms with Gasteiger partial charge in [-0.3, -0.25) is 9.69 Å². The molecular weight excluding hydrogens is 378 g/mol. The number of rotatable bonds is 7. The van der Waals surface area contributed by atoms with Crippen LogP contribution in [0.5, 0.6) is 5.75 Å². The smallest absolute Gasteiger partial charge is 0.251 e. The Morgan fingerprint density at radius 3 is 2.25 bits per heavy atom. The molecule has 1 heterocycles. The maximum absolute atomic E-state index is 12.8. The van der Waals surface area contributed by atoms with E-state index in [9.17, 15) is 13.2 Å². The summed E-state index contributed by atoms with van der Waals surface area (Å²) in [6, 6.07) is 15.5. The molecule has 3 rings (SSSR count). The number of ether oxygens (including phenoxy) is 1. The summed E-state index contributed by atoms with van der Waals surface area (Å²) in [6.45, 7) is 3.35. The van der Waals surface area contributed by atoms with Crippen LogP contribution >= 0.6 is 0 Å². The molecule has 2 aromatic carbocycles. The van der Waals surface area contributed by atoms with Crippen LogP contribution in [0.3, 0.4) is 0 Å². The van der Waals surface area contributed by atoms with Gasteiger partial charge in [-0.2, -0.15) is 4.31 Å². The van der Waals surface area contributed by atoms with Crippen LogP contribution < -0.4 is 10.1 Å². The van der Waals surface area contributed by atoms with Crippen LogP contribution in [0.4, 0.5) is 0 Å². The van der Waals surface area contributed by atoms with Gasteiger partial charge in [-0.15, -0.1) is 0 Å². The molecule has 150 valence electrons. The van der Waals surface area contributed by atoms with Gasteiger partial charge in [0, 0.05) is 44.8 Å². The third-order valence-electron chi connectivity index (χ3n) is 4.78. The summed E-state index contributed by atoms with van der Waals surface area (Å²) < 4.78 is 32.1. The number of sulfonamides is 1. The van der Waals surface area contributed by atoms with Crippen LogP contribution in [0, 0.1) is 0 Å². The lowest BCUT2D eigenvalue weighted by atomic mass is 10.2. The molecule has 28 heavy (non-hydrogen) atoms. The number of amides is 1. The first kappa shape index (κ1) is 20.3. The van der Waals surface area contributed by atoms with Crippen molar-refractivity contribution in [1.82, 2.24) is 14.5 Å². The highest BCUT2D eigenvalue weighted by atomic mass is 32.2. The Kier molecular flexibility index (Phi) is 6.66. The summed E-state index contributed by atoms with van der Waals surface area (Å²) in [4.78, 5) is 14.5. The van der Waals surface area contributed by atoms with Crippen molar-refractivity contribution in [2.75, 3.05) is 46.4 Å². The Morgan fingerprint density at radius 2 is 1.64 bits per heavy atom. The number of nitrogens with one attached hydrogen (secondary N) is 1. The second-order valence-electron chi connectivity index (χ2n) is 6.54. The van der Waals surface area contributed by atoms with Gasteiger partial charge in [-0.25, -0.2) is 8.42 Å². The molecule has 0 aliphatic carbocycles. The highest BCUT2D eigenvalue weighted by Gasteiger charge is 2.28. The monoisotopic (exact) mass is 403 g/mol. The van der Waals surface area contributed by atoms with E-state index in [2.05, 4.69) is 10.2 Å². The second kappa shape index (κ2) is 9.18. The number of piperazine rings is 1. The molecule has 2 aromatic rings. The highest BCUT2D eigenvalue weighted by Crippen LogP contribution is 2.20. The summed E-state index contributed by atoms with van der Waals surface area (Å²) in [5, 5.41) is 2.90. The lowest BCUT2D eigenvalue weighted by Gasteiger charge is -2.34. The van der Waals surface area contributed by atoms with Crippen molar-refractivity contribution >= 4 is 15.9 Å². The van der Waals surface area contributed by atoms with Gasteiger partial charge < -0.3 is 10.1 Å². The Labute approximate surface area is 166 Å². The summed E-state index contributed by atoms with van der Waals surface area (Å²) >= 11 is 0. The minimum atomic E-state index is -3.50. The van der Waals surface area contributed by atoms with E-state index >= 15 is 0 Å². The molecule has 1 N–H and O–H groups in total. The first-order valence-electron chi connectivity index (χ1n) is 9.20. The average molecular weight is 404 g/mol. The molecule has 1 aliphatic heterocycles. The molecule has 8 heteroatoms. The van der Waals surface area contributed by atoms with Crippen LogP contribution in [-0.4, -0.2) is 69.9 Å². The van der Waals surface area contributed by atoms with Crippen molar-refractivity contribution in [3.05, 3.63) is 60.2 Å². The van der Waals surface area contributed by atoms with Crippen molar-refractivity contribution < 1.29 is 17.9 Å². The number of hydrogen-bond donors (Lipinski definition) is 1. The molecule has 0 aromatic heterocycles. The second-order valence-corrected chi connectivity index (χ2v) is 8.48. The van der Waals surface area contributed by atoms with Gasteiger partial charge in [0.05, 0.1) is 12.0 Å². The largest absolute Gasteiger partial charge is 0.497 e.